The molecule has 0 aliphatic rings. The molecule has 126 valence electrons. The quantitative estimate of drug-likeness (QED) is 0.590. The Bertz CT molecular complexity index is 969. The third-order valence-electron chi connectivity index (χ3n) is 3.57. The first-order chi connectivity index (χ1) is 12.1. The summed E-state index contributed by atoms with van der Waals surface area (Å²) in [6.45, 7) is 0.233. The molecule has 3 aromatic rings. The summed E-state index contributed by atoms with van der Waals surface area (Å²) < 4.78 is 0. The largest absolute Gasteiger partial charge is 0.344 e. The Morgan fingerprint density at radius 3 is 2.40 bits per heavy atom. The molecule has 2 aromatic heterocycles. The number of fused-ring (bicyclic) bond motifs is 1. The van der Waals surface area contributed by atoms with Crippen molar-refractivity contribution in [1.82, 2.24) is 25.8 Å². The highest BCUT2D eigenvalue weighted by Gasteiger charge is 2.14. The van der Waals surface area contributed by atoms with E-state index in [1.165, 1.54) is 0 Å². The van der Waals surface area contributed by atoms with Crippen LogP contribution in [-0.4, -0.2) is 27.0 Å². The number of carbonyl (C=O) groups is 2. The van der Waals surface area contributed by atoms with Crippen molar-refractivity contribution in [3.63, 3.8) is 0 Å². The third kappa shape index (κ3) is 3.86. The van der Waals surface area contributed by atoms with Crippen LogP contribution < -0.4 is 16.2 Å². The molecule has 0 saturated carbocycles. The molecule has 1 aromatic carbocycles. The number of nitrogens with zero attached hydrogens (tertiary/aromatic N) is 2. The molecule has 0 fully saturated rings. The Kier molecular flexibility index (Phi) is 4.79. The first kappa shape index (κ1) is 16.3. The second-order valence-corrected chi connectivity index (χ2v) is 5.27. The SMILES string of the molecule is O=C(NCc1cccnc1)C(=O)NCc1n[nH]c(=O)c2ccccc12. The lowest BCUT2D eigenvalue weighted by Crippen LogP contribution is -2.39. The number of nitrogens with one attached hydrogen (secondary N) is 3. The molecular formula is C17H15N5O3. The maximum Gasteiger partial charge on any atom is 0.309 e. The monoisotopic (exact) mass is 337 g/mol. The molecule has 2 heterocycles. The molecule has 3 rings (SSSR count). The fourth-order valence-corrected chi connectivity index (χ4v) is 2.32. The van der Waals surface area contributed by atoms with E-state index in [9.17, 15) is 14.4 Å². The summed E-state index contributed by atoms with van der Waals surface area (Å²) in [4.78, 5) is 39.4. The van der Waals surface area contributed by atoms with Gasteiger partial charge in [0.05, 0.1) is 17.6 Å². The molecule has 8 nitrogen and oxygen atoms in total. The zero-order valence-corrected chi connectivity index (χ0v) is 13.2. The van der Waals surface area contributed by atoms with E-state index >= 15 is 0 Å². The number of hydrogen-bond acceptors (Lipinski definition) is 5. The summed E-state index contributed by atoms with van der Waals surface area (Å²) >= 11 is 0. The average molecular weight is 337 g/mol. The standard InChI is InChI=1S/C17H15N5O3/c23-15-13-6-2-1-5-12(13)14(21-22-15)10-20-17(25)16(24)19-9-11-4-3-7-18-8-11/h1-8H,9-10H2,(H,19,24)(H,20,25)(H,22,23). The number of amides is 2. The van der Waals surface area contributed by atoms with Crippen LogP contribution >= 0.6 is 0 Å². The molecular weight excluding hydrogens is 322 g/mol. The minimum Gasteiger partial charge on any atom is -0.344 e. The average Bonchev–Trinajstić information content (AvgIpc) is 2.66. The molecule has 2 amide bonds. The summed E-state index contributed by atoms with van der Waals surface area (Å²) in [6.07, 6.45) is 3.23. The van der Waals surface area contributed by atoms with Crippen molar-refractivity contribution >= 4 is 22.6 Å². The lowest BCUT2D eigenvalue weighted by Gasteiger charge is -2.07. The predicted octanol–water partition coefficient (Wildman–Crippen LogP) is 0.251. The molecule has 0 saturated heterocycles. The van der Waals surface area contributed by atoms with Crippen LogP contribution in [0.4, 0.5) is 0 Å². The van der Waals surface area contributed by atoms with Gasteiger partial charge in [-0.1, -0.05) is 24.3 Å². The Morgan fingerprint density at radius 1 is 0.960 bits per heavy atom. The number of carbonyl (C=O) groups excluding carboxylic acids is 2. The van der Waals surface area contributed by atoms with E-state index in [1.807, 2.05) is 0 Å². The normalized spacial score (nSPS) is 10.4. The summed E-state index contributed by atoms with van der Waals surface area (Å²) in [6, 6.07) is 10.5. The van der Waals surface area contributed by atoms with Crippen LogP contribution in [0.2, 0.25) is 0 Å². The minimum absolute atomic E-state index is 0.0242. The lowest BCUT2D eigenvalue weighted by molar-refractivity contribution is -0.139. The maximum absolute atomic E-state index is 11.9. The molecule has 0 unspecified atom stereocenters. The van der Waals surface area contributed by atoms with Gasteiger partial charge in [-0.2, -0.15) is 5.10 Å². The van der Waals surface area contributed by atoms with Crippen molar-refractivity contribution in [2.24, 2.45) is 0 Å². The van der Waals surface area contributed by atoms with E-state index in [0.29, 0.717) is 16.5 Å². The summed E-state index contributed by atoms with van der Waals surface area (Å²) in [5, 5.41) is 12.4. The third-order valence-corrected chi connectivity index (χ3v) is 3.57. The van der Waals surface area contributed by atoms with Crippen molar-refractivity contribution in [3.8, 4) is 0 Å². The van der Waals surface area contributed by atoms with Gasteiger partial charge < -0.3 is 10.6 Å². The van der Waals surface area contributed by atoms with Gasteiger partial charge in [-0.15, -0.1) is 0 Å². The van der Waals surface area contributed by atoms with Crippen LogP contribution in [-0.2, 0) is 22.7 Å². The lowest BCUT2D eigenvalue weighted by atomic mass is 10.1. The zero-order chi connectivity index (χ0) is 17.6. The van der Waals surface area contributed by atoms with Crippen molar-refractivity contribution in [3.05, 3.63) is 70.4 Å². The van der Waals surface area contributed by atoms with Crippen molar-refractivity contribution in [2.75, 3.05) is 0 Å². The number of pyridine rings is 1. The Hall–Kier alpha value is -3.55. The number of aromatic amines is 1. The van der Waals surface area contributed by atoms with Crippen LogP contribution in [0.25, 0.3) is 10.8 Å². The van der Waals surface area contributed by atoms with Crippen LogP contribution in [0, 0.1) is 0 Å². The summed E-state index contributed by atoms with van der Waals surface area (Å²) in [7, 11) is 0. The van der Waals surface area contributed by atoms with E-state index in [0.717, 1.165) is 5.56 Å². The highest BCUT2D eigenvalue weighted by molar-refractivity contribution is 6.35. The van der Waals surface area contributed by atoms with Gasteiger partial charge in [0.15, 0.2) is 0 Å². The molecule has 0 bridgehead atoms. The second kappa shape index (κ2) is 7.35. The predicted molar refractivity (Wildman–Crippen MR) is 90.3 cm³/mol. The van der Waals surface area contributed by atoms with Crippen molar-refractivity contribution in [1.29, 1.82) is 0 Å². The number of H-pyrrole nitrogens is 1. The van der Waals surface area contributed by atoms with Crippen molar-refractivity contribution in [2.45, 2.75) is 13.1 Å². The van der Waals surface area contributed by atoms with E-state index in [4.69, 9.17) is 0 Å². The summed E-state index contributed by atoms with van der Waals surface area (Å²) in [5.74, 6) is -1.53. The van der Waals surface area contributed by atoms with Gasteiger partial charge in [0.1, 0.15) is 0 Å². The number of hydrogen-bond donors (Lipinski definition) is 3. The highest BCUT2D eigenvalue weighted by Crippen LogP contribution is 2.11. The molecule has 25 heavy (non-hydrogen) atoms. The first-order valence-corrected chi connectivity index (χ1v) is 7.56. The Morgan fingerprint density at radius 2 is 1.68 bits per heavy atom. The van der Waals surface area contributed by atoms with Gasteiger partial charge in [-0.05, 0) is 17.7 Å². The first-order valence-electron chi connectivity index (χ1n) is 7.56. The van der Waals surface area contributed by atoms with Gasteiger partial charge in [-0.3, -0.25) is 19.4 Å². The van der Waals surface area contributed by atoms with Gasteiger partial charge in [0.25, 0.3) is 5.56 Å². The molecule has 0 radical (unpaired) electrons. The topological polar surface area (TPSA) is 117 Å². The maximum atomic E-state index is 11.9. The van der Waals surface area contributed by atoms with E-state index in [-0.39, 0.29) is 18.6 Å². The smallest absolute Gasteiger partial charge is 0.309 e. The fourth-order valence-electron chi connectivity index (χ4n) is 2.32. The number of aromatic nitrogens is 3. The van der Waals surface area contributed by atoms with Crippen molar-refractivity contribution < 1.29 is 9.59 Å². The van der Waals surface area contributed by atoms with Gasteiger partial charge >= 0.3 is 11.8 Å². The van der Waals surface area contributed by atoms with Crippen LogP contribution in [0.1, 0.15) is 11.3 Å². The van der Waals surface area contributed by atoms with Gasteiger partial charge in [-0.25, -0.2) is 5.10 Å². The highest BCUT2D eigenvalue weighted by atomic mass is 16.2. The number of rotatable bonds is 4. The Labute approximate surface area is 142 Å². The second-order valence-electron chi connectivity index (χ2n) is 5.27. The number of benzene rings is 1. The van der Waals surface area contributed by atoms with E-state index in [2.05, 4.69) is 25.8 Å². The minimum atomic E-state index is -0.777. The zero-order valence-electron chi connectivity index (χ0n) is 13.2. The van der Waals surface area contributed by atoms with E-state index < -0.39 is 11.8 Å². The molecule has 0 aliphatic heterocycles. The molecule has 0 spiro atoms. The van der Waals surface area contributed by atoms with Crippen LogP contribution in [0.3, 0.4) is 0 Å². The molecule has 0 atom stereocenters. The van der Waals surface area contributed by atoms with Crippen LogP contribution in [0.5, 0.6) is 0 Å². The Balaban J connectivity index is 1.62. The van der Waals surface area contributed by atoms with E-state index in [1.54, 1.807) is 48.8 Å². The summed E-state index contributed by atoms with van der Waals surface area (Å²) in [5.41, 5.74) is 0.959. The van der Waals surface area contributed by atoms with Gasteiger partial charge in [0, 0.05) is 24.3 Å². The molecule has 0 aliphatic carbocycles. The molecule has 3 N–H and O–H groups in total. The fraction of sp³-hybridized carbons (Fsp3) is 0.118. The molecule has 8 heteroatoms. The van der Waals surface area contributed by atoms with Crippen LogP contribution in [0.15, 0.2) is 53.6 Å². The van der Waals surface area contributed by atoms with Gasteiger partial charge in [0.2, 0.25) is 0 Å².